The van der Waals surface area contributed by atoms with Crippen molar-refractivity contribution in [3.63, 3.8) is 0 Å². The van der Waals surface area contributed by atoms with Crippen molar-refractivity contribution in [3.8, 4) is 0 Å². The Morgan fingerprint density at radius 1 is 1.81 bits per heavy atom. The number of nitrogens with zero attached hydrogens (tertiary/aromatic N) is 2. The summed E-state index contributed by atoms with van der Waals surface area (Å²) in [7, 11) is 2.12. The molecule has 1 atom stereocenters. The molecule has 1 aliphatic heterocycles. The highest BCUT2D eigenvalue weighted by molar-refractivity contribution is 7.13. The second kappa shape index (κ2) is 4.80. The maximum absolute atomic E-state index is 10.6. The topological polar surface area (TPSA) is 65.5 Å². The van der Waals surface area contributed by atoms with Crippen LogP contribution in [0, 0.1) is 5.92 Å². The van der Waals surface area contributed by atoms with Crippen LogP contribution in [0.2, 0.25) is 0 Å². The lowest BCUT2D eigenvalue weighted by atomic mass is 10.1. The van der Waals surface area contributed by atoms with E-state index in [0.717, 1.165) is 19.6 Å². The van der Waals surface area contributed by atoms with Gasteiger partial charge in [0.05, 0.1) is 0 Å². The van der Waals surface area contributed by atoms with Crippen LogP contribution in [0.3, 0.4) is 0 Å². The molecule has 5 nitrogen and oxygen atoms in total. The quantitative estimate of drug-likeness (QED) is 0.829. The fraction of sp³-hybridized carbons (Fsp3) is 0.600. The maximum atomic E-state index is 10.6. The molecule has 1 aromatic rings. The van der Waals surface area contributed by atoms with Gasteiger partial charge in [0.25, 0.3) is 0 Å². The number of hydrogen-bond acceptors (Lipinski definition) is 5. The van der Waals surface area contributed by atoms with Crippen molar-refractivity contribution < 1.29 is 9.90 Å². The van der Waals surface area contributed by atoms with Crippen molar-refractivity contribution in [2.24, 2.45) is 5.92 Å². The molecule has 0 spiro atoms. The first kappa shape index (κ1) is 11.3. The summed E-state index contributed by atoms with van der Waals surface area (Å²) in [5, 5.41) is 14.2. The van der Waals surface area contributed by atoms with Crippen molar-refractivity contribution >= 4 is 22.4 Å². The summed E-state index contributed by atoms with van der Waals surface area (Å²) in [6.07, 6.45) is 1.20. The Morgan fingerprint density at radius 2 is 2.62 bits per heavy atom. The van der Waals surface area contributed by atoms with Crippen molar-refractivity contribution in [1.29, 1.82) is 0 Å². The van der Waals surface area contributed by atoms with E-state index in [1.165, 1.54) is 17.8 Å². The molecule has 2 N–H and O–H groups in total. The molecule has 2 rings (SSSR count). The monoisotopic (exact) mass is 241 g/mol. The van der Waals surface area contributed by atoms with Crippen LogP contribution in [0.1, 0.15) is 16.9 Å². The number of anilines is 1. The molecule has 88 valence electrons. The van der Waals surface area contributed by atoms with Crippen molar-refractivity contribution in [2.75, 3.05) is 32.0 Å². The zero-order valence-corrected chi connectivity index (χ0v) is 9.96. The number of aromatic nitrogens is 1. The second-order valence-corrected chi connectivity index (χ2v) is 5.00. The van der Waals surface area contributed by atoms with Gasteiger partial charge in [0.1, 0.15) is 0 Å². The Balaban J connectivity index is 1.83. The lowest BCUT2D eigenvalue weighted by molar-refractivity contribution is 0.0691. The van der Waals surface area contributed by atoms with Gasteiger partial charge in [-0.25, -0.2) is 9.78 Å². The van der Waals surface area contributed by atoms with Crippen LogP contribution in [0.25, 0.3) is 0 Å². The normalized spacial score (nSPS) is 21.2. The number of rotatable bonds is 4. The molecule has 0 radical (unpaired) electrons. The van der Waals surface area contributed by atoms with E-state index >= 15 is 0 Å². The summed E-state index contributed by atoms with van der Waals surface area (Å²) in [5.74, 6) is -0.327. The van der Waals surface area contributed by atoms with Gasteiger partial charge < -0.3 is 15.3 Å². The summed E-state index contributed by atoms with van der Waals surface area (Å²) in [6, 6.07) is 0. The highest BCUT2D eigenvalue weighted by Crippen LogP contribution is 2.18. The highest BCUT2D eigenvalue weighted by atomic mass is 32.1. The predicted octanol–water partition coefficient (Wildman–Crippen LogP) is 1.20. The first-order valence-corrected chi connectivity index (χ1v) is 6.14. The van der Waals surface area contributed by atoms with Gasteiger partial charge in [-0.05, 0) is 25.9 Å². The van der Waals surface area contributed by atoms with Gasteiger partial charge in [-0.3, -0.25) is 0 Å². The lowest BCUT2D eigenvalue weighted by Crippen LogP contribution is -2.19. The molecule has 0 amide bonds. The van der Waals surface area contributed by atoms with E-state index in [-0.39, 0.29) is 5.69 Å². The summed E-state index contributed by atoms with van der Waals surface area (Å²) < 4.78 is 0. The Labute approximate surface area is 98.1 Å². The molecule has 0 bridgehead atoms. The van der Waals surface area contributed by atoms with E-state index in [1.807, 2.05) is 0 Å². The summed E-state index contributed by atoms with van der Waals surface area (Å²) in [5.41, 5.74) is 0.121. The number of aromatic carboxylic acids is 1. The van der Waals surface area contributed by atoms with E-state index in [1.54, 1.807) is 5.38 Å². The second-order valence-electron chi connectivity index (χ2n) is 4.14. The van der Waals surface area contributed by atoms with Crippen LogP contribution in [0.4, 0.5) is 5.13 Å². The van der Waals surface area contributed by atoms with Gasteiger partial charge >= 0.3 is 5.97 Å². The van der Waals surface area contributed by atoms with E-state index in [9.17, 15) is 4.79 Å². The molecule has 6 heteroatoms. The highest BCUT2D eigenvalue weighted by Gasteiger charge is 2.19. The number of nitrogens with one attached hydrogen (secondary N) is 1. The fourth-order valence-corrected chi connectivity index (χ4v) is 2.57. The Kier molecular flexibility index (Phi) is 3.40. The lowest BCUT2D eigenvalue weighted by Gasteiger charge is -2.10. The molecule has 1 fully saturated rings. The number of hydrogen-bond donors (Lipinski definition) is 2. The minimum Gasteiger partial charge on any atom is -0.476 e. The largest absolute Gasteiger partial charge is 0.476 e. The Hall–Kier alpha value is -1.14. The summed E-state index contributed by atoms with van der Waals surface area (Å²) >= 11 is 1.35. The molecule has 1 aromatic heterocycles. The number of carboxylic acid groups (broad SMARTS) is 1. The smallest absolute Gasteiger partial charge is 0.355 e. The molecular formula is C10H15N3O2S. The molecule has 0 aromatic carbocycles. The summed E-state index contributed by atoms with van der Waals surface area (Å²) in [4.78, 5) is 16.9. The molecule has 0 aliphatic carbocycles. The number of carbonyl (C=O) groups is 1. The SMILES string of the molecule is CN1CCC(CNc2nc(C(=O)O)cs2)C1. The molecule has 1 unspecified atom stereocenters. The zero-order chi connectivity index (χ0) is 11.5. The Morgan fingerprint density at radius 3 is 3.19 bits per heavy atom. The van der Waals surface area contributed by atoms with E-state index in [2.05, 4.69) is 22.2 Å². The average Bonchev–Trinajstić information content (AvgIpc) is 2.83. The maximum Gasteiger partial charge on any atom is 0.355 e. The molecular weight excluding hydrogens is 226 g/mol. The molecule has 1 saturated heterocycles. The van der Waals surface area contributed by atoms with E-state index < -0.39 is 5.97 Å². The first-order chi connectivity index (χ1) is 7.65. The minimum absolute atomic E-state index is 0.121. The van der Waals surface area contributed by atoms with Gasteiger partial charge in [0, 0.05) is 18.5 Å². The third-order valence-electron chi connectivity index (χ3n) is 2.75. The van der Waals surface area contributed by atoms with E-state index in [4.69, 9.17) is 5.11 Å². The minimum atomic E-state index is -0.968. The van der Waals surface area contributed by atoms with Gasteiger partial charge in [-0.2, -0.15) is 0 Å². The zero-order valence-electron chi connectivity index (χ0n) is 9.14. The van der Waals surface area contributed by atoms with Crippen LogP contribution in [-0.2, 0) is 0 Å². The van der Waals surface area contributed by atoms with Crippen LogP contribution in [0.15, 0.2) is 5.38 Å². The van der Waals surface area contributed by atoms with E-state index in [0.29, 0.717) is 11.0 Å². The standard InChI is InChI=1S/C10H15N3O2S/c1-13-3-2-7(5-13)4-11-10-12-8(6-16-10)9(14)15/h6-7H,2-5H2,1H3,(H,11,12)(H,14,15). The van der Waals surface area contributed by atoms with Crippen LogP contribution in [-0.4, -0.2) is 47.6 Å². The molecule has 2 heterocycles. The number of likely N-dealkylation sites (tertiary alicyclic amines) is 1. The fourth-order valence-electron chi connectivity index (χ4n) is 1.88. The van der Waals surface area contributed by atoms with Crippen LogP contribution < -0.4 is 5.32 Å². The van der Waals surface area contributed by atoms with Gasteiger partial charge in [0.2, 0.25) is 0 Å². The van der Waals surface area contributed by atoms with Crippen LogP contribution in [0.5, 0.6) is 0 Å². The number of carboxylic acids is 1. The first-order valence-electron chi connectivity index (χ1n) is 5.26. The summed E-state index contributed by atoms with van der Waals surface area (Å²) in [6.45, 7) is 3.12. The van der Waals surface area contributed by atoms with Gasteiger partial charge in [-0.15, -0.1) is 11.3 Å². The van der Waals surface area contributed by atoms with Crippen molar-refractivity contribution in [3.05, 3.63) is 11.1 Å². The van der Waals surface area contributed by atoms with Crippen molar-refractivity contribution in [2.45, 2.75) is 6.42 Å². The van der Waals surface area contributed by atoms with Gasteiger partial charge in [-0.1, -0.05) is 0 Å². The molecule has 16 heavy (non-hydrogen) atoms. The predicted molar refractivity (Wildman–Crippen MR) is 63.2 cm³/mol. The molecule has 1 aliphatic rings. The third kappa shape index (κ3) is 2.70. The average molecular weight is 241 g/mol. The number of thiazole rings is 1. The Bertz CT molecular complexity index is 380. The third-order valence-corrected chi connectivity index (χ3v) is 3.55. The van der Waals surface area contributed by atoms with Crippen LogP contribution >= 0.6 is 11.3 Å². The van der Waals surface area contributed by atoms with Gasteiger partial charge in [0.15, 0.2) is 10.8 Å². The molecule has 0 saturated carbocycles. The van der Waals surface area contributed by atoms with Crippen molar-refractivity contribution in [1.82, 2.24) is 9.88 Å².